The van der Waals surface area contributed by atoms with E-state index in [1.807, 2.05) is 6.92 Å². The van der Waals surface area contributed by atoms with Crippen molar-refractivity contribution in [3.05, 3.63) is 0 Å². The van der Waals surface area contributed by atoms with Crippen LogP contribution < -0.4 is 0 Å². The molecular formula is C7H11BO3. The lowest BCUT2D eigenvalue weighted by Crippen LogP contribution is -2.11. The molecule has 0 heterocycles. The highest BCUT2D eigenvalue weighted by Gasteiger charge is 2.06. The fourth-order valence-electron chi connectivity index (χ4n) is 0.551. The van der Waals surface area contributed by atoms with Gasteiger partial charge in [-0.2, -0.15) is 0 Å². The molecule has 0 atom stereocenters. The van der Waals surface area contributed by atoms with Crippen LogP contribution in [0.1, 0.15) is 26.2 Å². The maximum absolute atomic E-state index is 10.6. The number of carbonyl (C=O) groups is 2. The molecule has 60 valence electrons. The summed E-state index contributed by atoms with van der Waals surface area (Å²) in [5.41, 5.74) is 0. The highest BCUT2D eigenvalue weighted by atomic mass is 16.6. The molecule has 0 saturated heterocycles. The third kappa shape index (κ3) is 5.64. The number of carbonyl (C=O) groups excluding carboxylic acids is 2. The van der Waals surface area contributed by atoms with Crippen molar-refractivity contribution in [3.63, 3.8) is 0 Å². The van der Waals surface area contributed by atoms with Gasteiger partial charge in [0.2, 0.25) is 0 Å². The maximum atomic E-state index is 10.6. The van der Waals surface area contributed by atoms with Crippen LogP contribution in [0.4, 0.5) is 0 Å². The summed E-state index contributed by atoms with van der Waals surface area (Å²) in [5.74, 6) is -1.00. The Morgan fingerprint density at radius 3 is 2.27 bits per heavy atom. The minimum absolute atomic E-state index is 0.107. The Morgan fingerprint density at radius 2 is 1.82 bits per heavy atom. The lowest BCUT2D eigenvalue weighted by atomic mass is 10.0. The zero-order valence-corrected chi connectivity index (χ0v) is 6.63. The molecule has 2 radical (unpaired) electrons. The average Bonchev–Trinajstić information content (AvgIpc) is 1.87. The van der Waals surface area contributed by atoms with E-state index in [0.29, 0.717) is 6.42 Å². The quantitative estimate of drug-likeness (QED) is 0.342. The lowest BCUT2D eigenvalue weighted by Gasteiger charge is -1.99. The summed E-state index contributed by atoms with van der Waals surface area (Å²) in [7, 11) is 5.07. The molecule has 0 aromatic rings. The molecule has 0 bridgehead atoms. The van der Waals surface area contributed by atoms with Gasteiger partial charge in [0.15, 0.2) is 0 Å². The second kappa shape index (κ2) is 5.95. The molecule has 0 saturated carbocycles. The summed E-state index contributed by atoms with van der Waals surface area (Å²) >= 11 is 0. The van der Waals surface area contributed by atoms with Gasteiger partial charge < -0.3 is 4.74 Å². The Morgan fingerprint density at radius 1 is 1.27 bits per heavy atom. The van der Waals surface area contributed by atoms with Gasteiger partial charge in [0.05, 0.1) is 7.85 Å². The monoisotopic (exact) mass is 154 g/mol. The van der Waals surface area contributed by atoms with E-state index in [1.165, 1.54) is 0 Å². The molecule has 0 unspecified atom stereocenters. The van der Waals surface area contributed by atoms with Crippen LogP contribution in [0, 0.1) is 0 Å². The number of rotatable bonds is 4. The second-order valence-electron chi connectivity index (χ2n) is 2.13. The normalized spacial score (nSPS) is 9.18. The zero-order chi connectivity index (χ0) is 8.69. The van der Waals surface area contributed by atoms with Crippen molar-refractivity contribution in [1.29, 1.82) is 0 Å². The highest BCUT2D eigenvalue weighted by Crippen LogP contribution is 1.95. The first-order chi connectivity index (χ1) is 5.20. The van der Waals surface area contributed by atoms with Crippen molar-refractivity contribution in [2.24, 2.45) is 0 Å². The molecule has 3 nitrogen and oxygen atoms in total. The Kier molecular flexibility index (Phi) is 5.52. The minimum Gasteiger partial charge on any atom is -0.393 e. The lowest BCUT2D eigenvalue weighted by molar-refractivity contribution is -0.159. The SMILES string of the molecule is [B]CCC(=O)OC(=O)CCC. The second-order valence-corrected chi connectivity index (χ2v) is 2.13. The number of hydrogen-bond acceptors (Lipinski definition) is 3. The topological polar surface area (TPSA) is 43.4 Å². The molecule has 0 amide bonds. The van der Waals surface area contributed by atoms with E-state index in [2.05, 4.69) is 4.74 Å². The van der Waals surface area contributed by atoms with Gasteiger partial charge in [-0.05, 0) is 6.42 Å². The van der Waals surface area contributed by atoms with Crippen LogP contribution in [0.3, 0.4) is 0 Å². The van der Waals surface area contributed by atoms with Crippen molar-refractivity contribution in [2.75, 3.05) is 0 Å². The Labute approximate surface area is 67.5 Å². The first-order valence-corrected chi connectivity index (χ1v) is 3.64. The summed E-state index contributed by atoms with van der Waals surface area (Å²) in [5, 5.41) is 0. The van der Waals surface area contributed by atoms with Crippen molar-refractivity contribution in [2.45, 2.75) is 32.5 Å². The van der Waals surface area contributed by atoms with Crippen molar-refractivity contribution >= 4 is 19.8 Å². The fourth-order valence-corrected chi connectivity index (χ4v) is 0.551. The van der Waals surface area contributed by atoms with E-state index in [1.54, 1.807) is 0 Å². The predicted molar refractivity (Wildman–Crippen MR) is 41.2 cm³/mol. The largest absolute Gasteiger partial charge is 0.393 e. The van der Waals surface area contributed by atoms with Crippen LogP contribution in [0.2, 0.25) is 6.32 Å². The van der Waals surface area contributed by atoms with Crippen LogP contribution in [0.5, 0.6) is 0 Å². The molecule has 0 fully saturated rings. The molecule has 0 rings (SSSR count). The van der Waals surface area contributed by atoms with E-state index in [9.17, 15) is 9.59 Å². The van der Waals surface area contributed by atoms with Gasteiger partial charge in [0, 0.05) is 12.8 Å². The van der Waals surface area contributed by atoms with Gasteiger partial charge >= 0.3 is 11.9 Å². The molecule has 0 aliphatic rings. The van der Waals surface area contributed by atoms with Crippen LogP contribution >= 0.6 is 0 Å². The van der Waals surface area contributed by atoms with E-state index in [-0.39, 0.29) is 19.2 Å². The van der Waals surface area contributed by atoms with Gasteiger partial charge in [-0.25, -0.2) is 0 Å². The molecule has 0 aliphatic heterocycles. The van der Waals surface area contributed by atoms with E-state index in [0.717, 1.165) is 0 Å². The zero-order valence-electron chi connectivity index (χ0n) is 6.63. The number of hydrogen-bond donors (Lipinski definition) is 0. The molecular weight excluding hydrogens is 143 g/mol. The average molecular weight is 154 g/mol. The first kappa shape index (κ1) is 10.2. The predicted octanol–water partition coefficient (Wildman–Crippen LogP) is 0.833. The Balaban J connectivity index is 3.49. The molecule has 0 aromatic heterocycles. The van der Waals surface area contributed by atoms with Gasteiger partial charge in [0.25, 0.3) is 0 Å². The molecule has 0 spiro atoms. The summed E-state index contributed by atoms with van der Waals surface area (Å²) < 4.78 is 4.37. The molecule has 0 N–H and O–H groups in total. The molecule has 0 aliphatic carbocycles. The fraction of sp³-hybridized carbons (Fsp3) is 0.714. The van der Waals surface area contributed by atoms with E-state index >= 15 is 0 Å². The molecule has 0 aromatic carbocycles. The summed E-state index contributed by atoms with van der Waals surface area (Å²) in [6.45, 7) is 1.84. The van der Waals surface area contributed by atoms with Crippen LogP contribution in [0.15, 0.2) is 0 Å². The number of ether oxygens (including phenoxy) is 1. The standard InChI is InChI=1S/C7H11BO3/c1-2-3-6(9)11-7(10)4-5-8/h2-5H2,1H3. The first-order valence-electron chi connectivity index (χ1n) is 3.64. The Hall–Kier alpha value is -0.795. The number of esters is 2. The van der Waals surface area contributed by atoms with Crippen LogP contribution in [-0.4, -0.2) is 19.8 Å². The van der Waals surface area contributed by atoms with Crippen molar-refractivity contribution in [1.82, 2.24) is 0 Å². The van der Waals surface area contributed by atoms with Gasteiger partial charge in [0.1, 0.15) is 0 Å². The van der Waals surface area contributed by atoms with Gasteiger partial charge in [-0.3, -0.25) is 9.59 Å². The summed E-state index contributed by atoms with van der Waals surface area (Å²) in [6, 6.07) is 0. The minimum atomic E-state index is -0.536. The molecule has 4 heteroatoms. The van der Waals surface area contributed by atoms with Gasteiger partial charge in [-0.15, -0.1) is 0 Å². The summed E-state index contributed by atoms with van der Waals surface area (Å²) in [4.78, 5) is 21.2. The Bertz CT molecular complexity index is 129. The van der Waals surface area contributed by atoms with Gasteiger partial charge in [-0.1, -0.05) is 13.2 Å². The molecule has 11 heavy (non-hydrogen) atoms. The smallest absolute Gasteiger partial charge is 0.313 e. The van der Waals surface area contributed by atoms with Crippen molar-refractivity contribution < 1.29 is 14.3 Å². The van der Waals surface area contributed by atoms with E-state index in [4.69, 9.17) is 7.85 Å². The maximum Gasteiger partial charge on any atom is 0.313 e. The highest BCUT2D eigenvalue weighted by molar-refractivity contribution is 6.09. The third-order valence-corrected chi connectivity index (χ3v) is 1.03. The third-order valence-electron chi connectivity index (χ3n) is 1.03. The van der Waals surface area contributed by atoms with Crippen LogP contribution in [-0.2, 0) is 14.3 Å². The van der Waals surface area contributed by atoms with Crippen LogP contribution in [0.25, 0.3) is 0 Å². The summed E-state index contributed by atoms with van der Waals surface area (Å²) in [6.07, 6.45) is 1.30. The van der Waals surface area contributed by atoms with Crippen molar-refractivity contribution in [3.8, 4) is 0 Å². The van der Waals surface area contributed by atoms with E-state index < -0.39 is 11.9 Å².